The number of methoxy groups -OCH3 is 1. The Bertz CT molecular complexity index is 1370. The van der Waals surface area contributed by atoms with Crippen LogP contribution in [0.3, 0.4) is 0 Å². The molecule has 2 heterocycles. The van der Waals surface area contributed by atoms with E-state index < -0.39 is 41.0 Å². The molecule has 0 radical (unpaired) electrons. The average Bonchev–Trinajstić information content (AvgIpc) is 2.81. The van der Waals surface area contributed by atoms with Gasteiger partial charge in [-0.15, -0.1) is 0 Å². The summed E-state index contributed by atoms with van der Waals surface area (Å²) in [4.78, 5) is 20.3. The highest BCUT2D eigenvalue weighted by molar-refractivity contribution is 7.95. The van der Waals surface area contributed by atoms with Crippen molar-refractivity contribution in [1.82, 2.24) is 15.3 Å². The third-order valence-corrected chi connectivity index (χ3v) is 7.51. The molecule has 0 atom stereocenters. The molecule has 4 rings (SSSR count). The maximum Gasteiger partial charge on any atom is 0.258 e. The van der Waals surface area contributed by atoms with Gasteiger partial charge in [-0.25, -0.2) is 27.3 Å². The summed E-state index contributed by atoms with van der Waals surface area (Å²) in [5, 5.41) is 5.52. The Morgan fingerprint density at radius 2 is 2.00 bits per heavy atom. The molecule has 0 unspecified atom stereocenters. The molecule has 1 aromatic heterocycles. The maximum absolute atomic E-state index is 13.9. The van der Waals surface area contributed by atoms with Crippen molar-refractivity contribution in [2.75, 3.05) is 37.1 Å². The zero-order valence-corrected chi connectivity index (χ0v) is 19.4. The van der Waals surface area contributed by atoms with Crippen molar-refractivity contribution in [2.45, 2.75) is 12.8 Å². The molecule has 0 aliphatic carbocycles. The van der Waals surface area contributed by atoms with Crippen molar-refractivity contribution >= 4 is 43.7 Å². The molecule has 0 bridgehead atoms. The zero-order chi connectivity index (χ0) is 25.0. The van der Waals surface area contributed by atoms with Crippen LogP contribution >= 0.6 is 0 Å². The van der Waals surface area contributed by atoms with Gasteiger partial charge in [0.25, 0.3) is 12.3 Å². The minimum Gasteiger partial charge on any atom is -0.496 e. The lowest BCUT2D eigenvalue weighted by Gasteiger charge is -2.18. The number of amides is 1. The number of ether oxygens (including phenoxy) is 2. The van der Waals surface area contributed by atoms with Crippen LogP contribution in [0.2, 0.25) is 0 Å². The number of nitrogens with zero attached hydrogens (tertiary/aromatic N) is 3. The van der Waals surface area contributed by atoms with E-state index >= 15 is 0 Å². The molecule has 2 N–H and O–H groups in total. The van der Waals surface area contributed by atoms with Gasteiger partial charge in [0, 0.05) is 23.6 Å². The molecular formula is C22H22F3N5O4S. The fourth-order valence-electron chi connectivity index (χ4n) is 3.35. The predicted octanol–water partition coefficient (Wildman–Crippen LogP) is 3.78. The Balaban J connectivity index is 1.64. The SMILES string of the molecule is COc1cc(N=S2(=O)CCC2)cc2ncnc(Nc3ccc(F)cc3OCC(=O)NCC(F)F)c12. The lowest BCUT2D eigenvalue weighted by Crippen LogP contribution is -2.32. The van der Waals surface area contributed by atoms with E-state index in [1.807, 2.05) is 5.32 Å². The molecule has 1 aliphatic heterocycles. The largest absolute Gasteiger partial charge is 0.496 e. The standard InChI is InChI=1S/C22H22F3N5O4S/c1-33-18-9-14(30-35(32)5-2-6-35)8-16-21(18)22(28-12-27-16)29-15-4-3-13(23)7-17(15)34-11-20(31)26-10-19(24)25/h3-4,7-9,12,19H,2,5-6,10-11H2,1H3,(H,26,31)(H,27,28,29). The van der Waals surface area contributed by atoms with Crippen LogP contribution in [0.4, 0.5) is 30.4 Å². The molecule has 186 valence electrons. The fraction of sp³-hybridized carbons (Fsp3) is 0.318. The monoisotopic (exact) mass is 509 g/mol. The van der Waals surface area contributed by atoms with Gasteiger partial charge < -0.3 is 20.1 Å². The lowest BCUT2D eigenvalue weighted by molar-refractivity contribution is -0.123. The van der Waals surface area contributed by atoms with Crippen molar-refractivity contribution in [3.63, 3.8) is 0 Å². The first-order valence-corrected chi connectivity index (χ1v) is 12.4. The van der Waals surface area contributed by atoms with Gasteiger partial charge in [0.1, 0.15) is 29.5 Å². The van der Waals surface area contributed by atoms with Crippen molar-refractivity contribution in [2.24, 2.45) is 4.36 Å². The Labute approximate surface area is 199 Å². The molecule has 35 heavy (non-hydrogen) atoms. The first-order valence-electron chi connectivity index (χ1n) is 10.6. The lowest BCUT2D eigenvalue weighted by atomic mass is 10.2. The van der Waals surface area contributed by atoms with E-state index in [4.69, 9.17) is 9.47 Å². The van der Waals surface area contributed by atoms with Crippen LogP contribution in [0, 0.1) is 5.82 Å². The minimum atomic E-state index is -2.70. The summed E-state index contributed by atoms with van der Waals surface area (Å²) in [5.41, 5.74) is 1.21. The molecule has 1 fully saturated rings. The highest BCUT2D eigenvalue weighted by Crippen LogP contribution is 2.38. The molecule has 1 aliphatic rings. The topological polar surface area (TPSA) is 115 Å². The fourth-order valence-corrected chi connectivity index (χ4v) is 4.81. The third-order valence-electron chi connectivity index (χ3n) is 5.11. The number of anilines is 2. The number of aromatic nitrogens is 2. The van der Waals surface area contributed by atoms with Crippen molar-refractivity contribution in [1.29, 1.82) is 0 Å². The first kappa shape index (κ1) is 24.5. The number of fused-ring (bicyclic) bond motifs is 1. The number of carbonyl (C=O) groups is 1. The van der Waals surface area contributed by atoms with E-state index in [-0.39, 0.29) is 11.4 Å². The molecular weight excluding hydrogens is 487 g/mol. The quantitative estimate of drug-likeness (QED) is 0.451. The zero-order valence-electron chi connectivity index (χ0n) is 18.6. The Morgan fingerprint density at radius 3 is 2.69 bits per heavy atom. The van der Waals surface area contributed by atoms with Crippen molar-refractivity contribution in [3.8, 4) is 11.5 Å². The summed E-state index contributed by atoms with van der Waals surface area (Å²) in [6.07, 6.45) is -0.521. The minimum absolute atomic E-state index is 0.0311. The molecule has 3 aromatic rings. The normalized spacial score (nSPS) is 14.3. The van der Waals surface area contributed by atoms with Gasteiger partial charge in [-0.05, 0) is 24.6 Å². The molecule has 2 aromatic carbocycles. The van der Waals surface area contributed by atoms with Gasteiger partial charge in [-0.2, -0.15) is 4.36 Å². The number of halogens is 3. The number of nitrogens with one attached hydrogen (secondary N) is 2. The smallest absolute Gasteiger partial charge is 0.258 e. The highest BCUT2D eigenvalue weighted by Gasteiger charge is 2.20. The number of benzene rings is 2. The van der Waals surface area contributed by atoms with E-state index in [2.05, 4.69) is 19.6 Å². The number of alkyl halides is 2. The summed E-state index contributed by atoms with van der Waals surface area (Å²) in [6, 6.07) is 6.92. The van der Waals surface area contributed by atoms with E-state index in [0.29, 0.717) is 39.7 Å². The van der Waals surface area contributed by atoms with Gasteiger partial charge in [0.05, 0.1) is 45.7 Å². The van der Waals surface area contributed by atoms with Crippen molar-refractivity contribution in [3.05, 3.63) is 42.5 Å². The summed E-state index contributed by atoms with van der Waals surface area (Å²) in [7, 11) is -0.781. The van der Waals surface area contributed by atoms with Gasteiger partial charge in [-0.3, -0.25) is 4.79 Å². The Morgan fingerprint density at radius 1 is 1.20 bits per heavy atom. The van der Waals surface area contributed by atoms with Gasteiger partial charge in [0.15, 0.2) is 6.61 Å². The first-order chi connectivity index (χ1) is 16.8. The van der Waals surface area contributed by atoms with Crippen LogP contribution in [-0.2, 0) is 14.5 Å². The predicted molar refractivity (Wildman–Crippen MR) is 125 cm³/mol. The van der Waals surface area contributed by atoms with Gasteiger partial charge in [-0.1, -0.05) is 0 Å². The molecule has 1 saturated heterocycles. The van der Waals surface area contributed by atoms with Gasteiger partial charge in [0.2, 0.25) is 0 Å². The van der Waals surface area contributed by atoms with Crippen LogP contribution in [0.25, 0.3) is 10.9 Å². The van der Waals surface area contributed by atoms with Crippen molar-refractivity contribution < 1.29 is 31.6 Å². The van der Waals surface area contributed by atoms with E-state index in [1.54, 1.807) is 12.1 Å². The van der Waals surface area contributed by atoms with Crippen LogP contribution in [-0.4, -0.2) is 58.3 Å². The van der Waals surface area contributed by atoms with Crippen LogP contribution in [0.1, 0.15) is 6.42 Å². The van der Waals surface area contributed by atoms with Crippen LogP contribution in [0.15, 0.2) is 41.0 Å². The number of rotatable bonds is 9. The van der Waals surface area contributed by atoms with E-state index in [9.17, 15) is 22.2 Å². The summed E-state index contributed by atoms with van der Waals surface area (Å²) in [5.74, 6) is 0.342. The molecule has 9 nitrogen and oxygen atoms in total. The number of hydrogen-bond donors (Lipinski definition) is 2. The highest BCUT2D eigenvalue weighted by atomic mass is 32.2. The molecule has 0 saturated carbocycles. The summed E-state index contributed by atoms with van der Waals surface area (Å²) >= 11 is 0. The van der Waals surface area contributed by atoms with Gasteiger partial charge >= 0.3 is 0 Å². The van der Waals surface area contributed by atoms with E-state index in [1.165, 1.54) is 25.6 Å². The second kappa shape index (κ2) is 10.3. The maximum atomic E-state index is 13.9. The second-order valence-electron chi connectivity index (χ2n) is 7.64. The second-order valence-corrected chi connectivity index (χ2v) is 10.2. The van der Waals surface area contributed by atoms with Crippen LogP contribution in [0.5, 0.6) is 11.5 Å². The molecule has 13 heteroatoms. The number of carbonyl (C=O) groups excluding carboxylic acids is 1. The molecule has 1 amide bonds. The Kier molecular flexibility index (Phi) is 7.24. The summed E-state index contributed by atoms with van der Waals surface area (Å²) < 4.78 is 66.2. The summed E-state index contributed by atoms with van der Waals surface area (Å²) in [6.45, 7) is -1.41. The Hall–Kier alpha value is -3.61. The number of hydrogen-bond acceptors (Lipinski definition) is 8. The third kappa shape index (κ3) is 5.91. The van der Waals surface area contributed by atoms with E-state index in [0.717, 1.165) is 12.5 Å². The molecule has 0 spiro atoms. The average molecular weight is 510 g/mol. The van der Waals surface area contributed by atoms with Crippen LogP contribution < -0.4 is 20.1 Å².